The van der Waals surface area contributed by atoms with Gasteiger partial charge < -0.3 is 23.9 Å². The number of ketones is 1. The first-order valence-electron chi connectivity index (χ1n) is 12.6. The van der Waals surface area contributed by atoms with Crippen LogP contribution in [-0.2, 0) is 23.1 Å². The lowest BCUT2D eigenvalue weighted by Gasteiger charge is -2.31. The smallest absolute Gasteiger partial charge is 0.310 e. The summed E-state index contributed by atoms with van der Waals surface area (Å²) in [7, 11) is 3.57. The topological polar surface area (TPSA) is 90.2 Å². The lowest BCUT2D eigenvalue weighted by atomic mass is 9.96. The maximum absolute atomic E-state index is 13.5. The normalized spacial score (nSPS) is 18.8. The third-order valence-electron chi connectivity index (χ3n) is 7.24. The van der Waals surface area contributed by atoms with Crippen LogP contribution in [0.25, 0.3) is 17.0 Å². The molecule has 2 aliphatic rings. The molecule has 1 atom stereocenters. The van der Waals surface area contributed by atoms with Crippen molar-refractivity contribution in [2.24, 2.45) is 13.0 Å². The highest BCUT2D eigenvalue weighted by molar-refractivity contribution is 6.16. The number of benzene rings is 2. The zero-order chi connectivity index (χ0) is 26.3. The van der Waals surface area contributed by atoms with E-state index in [0.717, 1.165) is 41.6 Å². The number of phenolic OH excluding ortho intramolecular Hbond substituents is 1. The van der Waals surface area contributed by atoms with Crippen molar-refractivity contribution in [2.75, 3.05) is 26.8 Å². The van der Waals surface area contributed by atoms with E-state index < -0.39 is 0 Å². The number of nitrogens with zero attached hydrogens (tertiary/aromatic N) is 2. The number of piperidine rings is 1. The van der Waals surface area contributed by atoms with Crippen LogP contribution >= 0.6 is 0 Å². The Labute approximate surface area is 216 Å². The number of esters is 1. The summed E-state index contributed by atoms with van der Waals surface area (Å²) in [4.78, 5) is 27.9. The molecule has 1 aromatic heterocycles. The predicted octanol–water partition coefficient (Wildman–Crippen LogP) is 4.59. The Bertz CT molecular complexity index is 1420. The standard InChI is InChI=1S/C29H32N2O6/c1-5-36-29(34)18-7-6-10-31(15-18)16-22-24(32)11-17(2)26-27(33)25(37-28(22)26)12-19-14-30(3)23-9-8-20(35-4)13-21(19)23/h8-9,11-14,18,32H,5-7,10,15-16H2,1-4H3/b25-12-. The highest BCUT2D eigenvalue weighted by Crippen LogP contribution is 2.43. The van der Waals surface area contributed by atoms with Crippen molar-refractivity contribution in [1.29, 1.82) is 0 Å². The number of carbonyl (C=O) groups excluding carboxylic acids is 2. The highest BCUT2D eigenvalue weighted by Gasteiger charge is 2.35. The molecule has 3 heterocycles. The van der Waals surface area contributed by atoms with Crippen molar-refractivity contribution in [3.63, 3.8) is 0 Å². The molecule has 0 aliphatic carbocycles. The maximum atomic E-state index is 13.5. The zero-order valence-corrected chi connectivity index (χ0v) is 21.7. The monoisotopic (exact) mass is 504 g/mol. The number of Topliss-reactive ketones (excluding diaryl/α,β-unsaturated/α-hetero) is 1. The van der Waals surface area contributed by atoms with Gasteiger partial charge in [0.15, 0.2) is 5.76 Å². The molecule has 2 aliphatic heterocycles. The number of methoxy groups -OCH3 is 1. The van der Waals surface area contributed by atoms with Crippen molar-refractivity contribution in [3.05, 3.63) is 58.5 Å². The Hall–Kier alpha value is -3.78. The fourth-order valence-electron chi connectivity index (χ4n) is 5.39. The molecular weight excluding hydrogens is 472 g/mol. The largest absolute Gasteiger partial charge is 0.507 e. The summed E-state index contributed by atoms with van der Waals surface area (Å²) < 4.78 is 18.8. The second kappa shape index (κ2) is 9.94. The summed E-state index contributed by atoms with van der Waals surface area (Å²) in [5.74, 6) is 0.818. The van der Waals surface area contributed by atoms with E-state index in [4.69, 9.17) is 14.2 Å². The second-order valence-electron chi connectivity index (χ2n) is 9.74. The summed E-state index contributed by atoms with van der Waals surface area (Å²) >= 11 is 0. The van der Waals surface area contributed by atoms with Gasteiger partial charge in [0.1, 0.15) is 17.2 Å². The van der Waals surface area contributed by atoms with Crippen LogP contribution in [0.1, 0.15) is 46.8 Å². The van der Waals surface area contributed by atoms with Gasteiger partial charge in [-0.2, -0.15) is 0 Å². The molecule has 2 aromatic carbocycles. The van der Waals surface area contributed by atoms with Crippen molar-refractivity contribution >= 4 is 28.7 Å². The third kappa shape index (κ3) is 4.57. The molecule has 0 spiro atoms. The number of hydrogen-bond donors (Lipinski definition) is 1. The molecule has 5 rings (SSSR count). The minimum absolute atomic E-state index is 0.0819. The van der Waals surface area contributed by atoms with Gasteiger partial charge in [-0.25, -0.2) is 0 Å². The molecule has 0 radical (unpaired) electrons. The van der Waals surface area contributed by atoms with E-state index in [1.807, 2.05) is 36.0 Å². The van der Waals surface area contributed by atoms with Gasteiger partial charge in [-0.15, -0.1) is 0 Å². The van der Waals surface area contributed by atoms with E-state index in [9.17, 15) is 14.7 Å². The molecule has 8 heteroatoms. The van der Waals surface area contributed by atoms with Crippen LogP contribution in [0, 0.1) is 12.8 Å². The number of carbonyl (C=O) groups is 2. The molecule has 1 saturated heterocycles. The van der Waals surface area contributed by atoms with Gasteiger partial charge in [-0.3, -0.25) is 14.5 Å². The van der Waals surface area contributed by atoms with Crippen LogP contribution in [-0.4, -0.2) is 53.1 Å². The molecule has 8 nitrogen and oxygen atoms in total. The summed E-state index contributed by atoms with van der Waals surface area (Å²) in [6.45, 7) is 5.65. The lowest BCUT2D eigenvalue weighted by molar-refractivity contribution is -0.150. The van der Waals surface area contributed by atoms with Crippen molar-refractivity contribution < 1.29 is 28.9 Å². The van der Waals surface area contributed by atoms with Crippen molar-refractivity contribution in [3.8, 4) is 17.2 Å². The van der Waals surface area contributed by atoms with E-state index >= 15 is 0 Å². The molecule has 0 amide bonds. The minimum Gasteiger partial charge on any atom is -0.507 e. The maximum Gasteiger partial charge on any atom is 0.310 e. The average Bonchev–Trinajstić information content (AvgIpc) is 3.38. The Morgan fingerprint density at radius 2 is 2.11 bits per heavy atom. The number of likely N-dealkylation sites (tertiary alicyclic amines) is 1. The number of aryl methyl sites for hydroxylation is 2. The van der Waals surface area contributed by atoms with Crippen LogP contribution in [0.15, 0.2) is 36.2 Å². The lowest BCUT2D eigenvalue weighted by Crippen LogP contribution is -2.39. The minimum atomic E-state index is -0.211. The molecule has 1 unspecified atom stereocenters. The Morgan fingerprint density at radius 1 is 1.30 bits per heavy atom. The Morgan fingerprint density at radius 3 is 2.86 bits per heavy atom. The summed E-state index contributed by atoms with van der Waals surface area (Å²) in [6.07, 6.45) is 5.34. The fourth-order valence-corrected chi connectivity index (χ4v) is 5.39. The first kappa shape index (κ1) is 24.9. The SMILES string of the molecule is CCOC(=O)C1CCCN(Cc2c(O)cc(C)c3c2O/C(=C\c2cn(C)c4ccc(OC)cc24)C3=O)C1. The molecular formula is C29H32N2O6. The third-order valence-corrected chi connectivity index (χ3v) is 7.24. The van der Waals surface area contributed by atoms with Crippen LogP contribution in [0.4, 0.5) is 0 Å². The van der Waals surface area contributed by atoms with Crippen LogP contribution < -0.4 is 9.47 Å². The van der Waals surface area contributed by atoms with E-state index in [0.29, 0.717) is 42.1 Å². The van der Waals surface area contributed by atoms with Crippen molar-refractivity contribution in [1.82, 2.24) is 9.47 Å². The summed E-state index contributed by atoms with van der Waals surface area (Å²) in [5, 5.41) is 11.8. The van der Waals surface area contributed by atoms with Crippen LogP contribution in [0.3, 0.4) is 0 Å². The van der Waals surface area contributed by atoms with Gasteiger partial charge in [0, 0.05) is 42.8 Å². The van der Waals surface area contributed by atoms with Gasteiger partial charge in [-0.1, -0.05) is 0 Å². The fraction of sp³-hybridized carbons (Fsp3) is 0.379. The van der Waals surface area contributed by atoms with Gasteiger partial charge in [0.05, 0.1) is 30.8 Å². The number of aromatic nitrogens is 1. The number of phenols is 1. The highest BCUT2D eigenvalue weighted by atomic mass is 16.5. The van der Waals surface area contributed by atoms with E-state index in [2.05, 4.69) is 4.90 Å². The quantitative estimate of drug-likeness (QED) is 0.388. The first-order chi connectivity index (χ1) is 17.8. The van der Waals surface area contributed by atoms with E-state index in [1.54, 1.807) is 33.1 Å². The molecule has 37 heavy (non-hydrogen) atoms. The number of aromatic hydroxyl groups is 1. The Kier molecular flexibility index (Phi) is 6.69. The number of rotatable bonds is 6. The number of ether oxygens (including phenoxy) is 3. The Balaban J connectivity index is 1.47. The average molecular weight is 505 g/mol. The van der Waals surface area contributed by atoms with Crippen molar-refractivity contribution in [2.45, 2.75) is 33.2 Å². The second-order valence-corrected chi connectivity index (χ2v) is 9.74. The molecule has 0 bridgehead atoms. The van der Waals surface area contributed by atoms with Gasteiger partial charge in [-0.05, 0) is 69.1 Å². The van der Waals surface area contributed by atoms with Gasteiger partial charge in [0.2, 0.25) is 5.78 Å². The predicted molar refractivity (Wildman–Crippen MR) is 140 cm³/mol. The molecule has 1 N–H and O–H groups in total. The van der Waals surface area contributed by atoms with Crippen LogP contribution in [0.2, 0.25) is 0 Å². The van der Waals surface area contributed by atoms with Gasteiger partial charge >= 0.3 is 5.97 Å². The number of hydrogen-bond acceptors (Lipinski definition) is 7. The molecule has 1 fully saturated rings. The molecule has 3 aromatic rings. The number of fused-ring (bicyclic) bond motifs is 2. The summed E-state index contributed by atoms with van der Waals surface area (Å²) in [5.41, 5.74) is 3.53. The van der Waals surface area contributed by atoms with Gasteiger partial charge in [0.25, 0.3) is 0 Å². The summed E-state index contributed by atoms with van der Waals surface area (Å²) in [6, 6.07) is 7.43. The van der Waals surface area contributed by atoms with E-state index in [-0.39, 0.29) is 29.2 Å². The van der Waals surface area contributed by atoms with Crippen LogP contribution in [0.5, 0.6) is 17.2 Å². The molecule has 0 saturated carbocycles. The zero-order valence-electron chi connectivity index (χ0n) is 21.7. The number of allylic oxidation sites excluding steroid dienone is 1. The van der Waals surface area contributed by atoms with E-state index in [1.165, 1.54) is 0 Å². The first-order valence-corrected chi connectivity index (χ1v) is 12.6. The molecule has 194 valence electrons.